The van der Waals surface area contributed by atoms with Crippen LogP contribution in [0.4, 0.5) is 5.69 Å². The first-order valence-electron chi connectivity index (χ1n) is 6.83. The molecule has 0 aliphatic heterocycles. The molecule has 102 valence electrons. The van der Waals surface area contributed by atoms with Crippen LogP contribution in [-0.4, -0.2) is 0 Å². The van der Waals surface area contributed by atoms with Crippen molar-refractivity contribution in [3.63, 3.8) is 0 Å². The van der Waals surface area contributed by atoms with Gasteiger partial charge >= 0.3 is 0 Å². The van der Waals surface area contributed by atoms with Gasteiger partial charge < -0.3 is 5.73 Å². The number of rotatable bonds is 1. The van der Waals surface area contributed by atoms with Crippen molar-refractivity contribution in [2.45, 2.75) is 26.2 Å². The molecule has 0 radical (unpaired) electrons. The number of hydrogen-bond acceptors (Lipinski definition) is 2. The third kappa shape index (κ3) is 2.44. The molecule has 2 aromatic carbocycles. The second-order valence-electron chi connectivity index (χ2n) is 6.24. The van der Waals surface area contributed by atoms with Gasteiger partial charge in [-0.05, 0) is 40.1 Å². The first-order chi connectivity index (χ1) is 9.43. The SMILES string of the molecule is CC(C)(C)c1ccc(-c2cc3ccc(N)cc3s2)cc1. The highest BCUT2D eigenvalue weighted by molar-refractivity contribution is 7.22. The van der Waals surface area contributed by atoms with E-state index in [1.165, 1.54) is 26.1 Å². The summed E-state index contributed by atoms with van der Waals surface area (Å²) in [4.78, 5) is 1.30. The number of thiophene rings is 1. The van der Waals surface area contributed by atoms with Crippen molar-refractivity contribution in [2.75, 3.05) is 5.73 Å². The fourth-order valence-electron chi connectivity index (χ4n) is 2.32. The van der Waals surface area contributed by atoms with Gasteiger partial charge in [-0.2, -0.15) is 0 Å². The van der Waals surface area contributed by atoms with E-state index < -0.39 is 0 Å². The zero-order chi connectivity index (χ0) is 14.3. The molecule has 0 amide bonds. The van der Waals surface area contributed by atoms with Crippen molar-refractivity contribution in [1.82, 2.24) is 0 Å². The molecule has 0 fully saturated rings. The van der Waals surface area contributed by atoms with E-state index in [0.29, 0.717) is 0 Å². The lowest BCUT2D eigenvalue weighted by atomic mass is 9.86. The number of nitrogens with two attached hydrogens (primary N) is 1. The van der Waals surface area contributed by atoms with E-state index in [2.05, 4.69) is 57.2 Å². The van der Waals surface area contributed by atoms with Crippen LogP contribution < -0.4 is 5.73 Å². The zero-order valence-electron chi connectivity index (χ0n) is 12.1. The Kier molecular flexibility index (Phi) is 3.06. The lowest BCUT2D eigenvalue weighted by Gasteiger charge is -2.18. The third-order valence-electron chi connectivity index (χ3n) is 3.58. The maximum atomic E-state index is 5.85. The minimum Gasteiger partial charge on any atom is -0.399 e. The zero-order valence-corrected chi connectivity index (χ0v) is 12.9. The summed E-state index contributed by atoms with van der Waals surface area (Å²) in [5, 5.41) is 1.26. The average Bonchev–Trinajstić information content (AvgIpc) is 2.80. The maximum absolute atomic E-state index is 5.85. The Morgan fingerprint density at radius 3 is 2.25 bits per heavy atom. The molecule has 3 rings (SSSR count). The van der Waals surface area contributed by atoms with Gasteiger partial charge in [0.25, 0.3) is 0 Å². The van der Waals surface area contributed by atoms with Gasteiger partial charge in [-0.1, -0.05) is 51.1 Å². The smallest absolute Gasteiger partial charge is 0.0369 e. The standard InChI is InChI=1S/C18H19NS/c1-18(2,3)14-7-4-12(5-8-14)16-10-13-6-9-15(19)11-17(13)20-16/h4-11H,19H2,1-3H3. The molecule has 0 unspecified atom stereocenters. The number of nitrogen functional groups attached to an aromatic ring is 1. The van der Waals surface area contributed by atoms with Crippen LogP contribution in [0.2, 0.25) is 0 Å². The largest absolute Gasteiger partial charge is 0.399 e. The monoisotopic (exact) mass is 281 g/mol. The number of hydrogen-bond donors (Lipinski definition) is 1. The summed E-state index contributed by atoms with van der Waals surface area (Å²) in [6.45, 7) is 6.72. The summed E-state index contributed by atoms with van der Waals surface area (Å²) in [7, 11) is 0. The molecule has 0 spiro atoms. The van der Waals surface area contributed by atoms with Crippen molar-refractivity contribution in [3.05, 3.63) is 54.1 Å². The van der Waals surface area contributed by atoms with E-state index in [9.17, 15) is 0 Å². The van der Waals surface area contributed by atoms with Crippen LogP contribution in [0.5, 0.6) is 0 Å². The molecule has 3 aromatic rings. The van der Waals surface area contributed by atoms with Crippen molar-refractivity contribution < 1.29 is 0 Å². The van der Waals surface area contributed by atoms with Gasteiger partial charge in [-0.3, -0.25) is 0 Å². The lowest BCUT2D eigenvalue weighted by molar-refractivity contribution is 0.590. The molecule has 0 atom stereocenters. The average molecular weight is 281 g/mol. The highest BCUT2D eigenvalue weighted by Crippen LogP contribution is 2.35. The highest BCUT2D eigenvalue weighted by atomic mass is 32.1. The number of fused-ring (bicyclic) bond motifs is 1. The van der Waals surface area contributed by atoms with Crippen LogP contribution >= 0.6 is 11.3 Å². The first-order valence-corrected chi connectivity index (χ1v) is 7.65. The third-order valence-corrected chi connectivity index (χ3v) is 4.73. The van der Waals surface area contributed by atoms with E-state index in [0.717, 1.165) is 5.69 Å². The summed E-state index contributed by atoms with van der Waals surface area (Å²) in [6.07, 6.45) is 0. The van der Waals surface area contributed by atoms with E-state index in [4.69, 9.17) is 5.73 Å². The molecule has 1 aromatic heterocycles. The molecular weight excluding hydrogens is 262 g/mol. The molecular formula is C18H19NS. The Morgan fingerprint density at radius 2 is 1.60 bits per heavy atom. The predicted octanol–water partition coefficient (Wildman–Crippen LogP) is 5.45. The first kappa shape index (κ1) is 13.2. The molecule has 0 saturated heterocycles. The number of anilines is 1. The van der Waals surface area contributed by atoms with Crippen LogP contribution in [0.15, 0.2) is 48.5 Å². The minimum atomic E-state index is 0.202. The van der Waals surface area contributed by atoms with Crippen LogP contribution in [0.1, 0.15) is 26.3 Å². The van der Waals surface area contributed by atoms with Gasteiger partial charge in [-0.25, -0.2) is 0 Å². The van der Waals surface area contributed by atoms with E-state index in [-0.39, 0.29) is 5.41 Å². The molecule has 1 nitrogen and oxygen atoms in total. The van der Waals surface area contributed by atoms with Crippen molar-refractivity contribution in [3.8, 4) is 10.4 Å². The molecule has 20 heavy (non-hydrogen) atoms. The van der Waals surface area contributed by atoms with Crippen LogP contribution in [0.25, 0.3) is 20.5 Å². The molecule has 0 bridgehead atoms. The van der Waals surface area contributed by atoms with Gasteiger partial charge in [0.1, 0.15) is 0 Å². The highest BCUT2D eigenvalue weighted by Gasteiger charge is 2.13. The van der Waals surface area contributed by atoms with Crippen molar-refractivity contribution in [1.29, 1.82) is 0 Å². The molecule has 0 saturated carbocycles. The summed E-state index contributed by atoms with van der Waals surface area (Å²) < 4.78 is 1.25. The van der Waals surface area contributed by atoms with Gasteiger partial charge in [0.2, 0.25) is 0 Å². The summed E-state index contributed by atoms with van der Waals surface area (Å²) >= 11 is 1.80. The summed E-state index contributed by atoms with van der Waals surface area (Å²) in [5.74, 6) is 0. The Labute approximate surface area is 124 Å². The Morgan fingerprint density at radius 1 is 0.900 bits per heavy atom. The van der Waals surface area contributed by atoms with Gasteiger partial charge in [0, 0.05) is 15.3 Å². The van der Waals surface area contributed by atoms with Gasteiger partial charge in [0.15, 0.2) is 0 Å². The van der Waals surface area contributed by atoms with E-state index >= 15 is 0 Å². The van der Waals surface area contributed by atoms with Gasteiger partial charge in [-0.15, -0.1) is 11.3 Å². The molecule has 2 heteroatoms. The predicted molar refractivity (Wildman–Crippen MR) is 90.4 cm³/mol. The Bertz CT molecular complexity index is 745. The van der Waals surface area contributed by atoms with Crippen LogP contribution in [0.3, 0.4) is 0 Å². The second kappa shape index (κ2) is 4.64. The Hall–Kier alpha value is -1.80. The minimum absolute atomic E-state index is 0.202. The van der Waals surface area contributed by atoms with Crippen molar-refractivity contribution >= 4 is 27.1 Å². The quantitative estimate of drug-likeness (QED) is 0.590. The fraction of sp³-hybridized carbons (Fsp3) is 0.222. The van der Waals surface area contributed by atoms with Gasteiger partial charge in [0.05, 0.1) is 0 Å². The normalized spacial score (nSPS) is 11.9. The summed E-state index contributed by atoms with van der Waals surface area (Å²) in [5.41, 5.74) is 9.52. The topological polar surface area (TPSA) is 26.0 Å². The number of benzene rings is 2. The van der Waals surface area contributed by atoms with E-state index in [1.54, 1.807) is 11.3 Å². The lowest BCUT2D eigenvalue weighted by Crippen LogP contribution is -2.10. The molecule has 1 heterocycles. The van der Waals surface area contributed by atoms with Crippen molar-refractivity contribution in [2.24, 2.45) is 0 Å². The van der Waals surface area contributed by atoms with E-state index in [1.807, 2.05) is 12.1 Å². The molecule has 0 aliphatic carbocycles. The molecule has 0 aliphatic rings. The Balaban J connectivity index is 2.02. The molecule has 2 N–H and O–H groups in total. The fourth-order valence-corrected chi connectivity index (χ4v) is 3.44. The van der Waals surface area contributed by atoms with Crippen LogP contribution in [0, 0.1) is 0 Å². The maximum Gasteiger partial charge on any atom is 0.0369 e. The second-order valence-corrected chi connectivity index (χ2v) is 7.32. The summed E-state index contributed by atoms with van der Waals surface area (Å²) in [6, 6.07) is 17.2. The van der Waals surface area contributed by atoms with Crippen LogP contribution in [-0.2, 0) is 5.41 Å².